The molecule has 0 aromatic heterocycles. The second-order valence-electron chi connectivity index (χ2n) is 5.02. The van der Waals surface area contributed by atoms with Gasteiger partial charge in [-0.25, -0.2) is 0 Å². The van der Waals surface area contributed by atoms with Crippen molar-refractivity contribution < 1.29 is 9.84 Å². The molecule has 0 saturated heterocycles. The Kier molecular flexibility index (Phi) is 4.15. The Morgan fingerprint density at radius 3 is 1.65 bits per heavy atom. The smallest absolute Gasteiger partial charge is 0.133 e. The normalized spacial score (nSPS) is 14.5. The minimum Gasteiger partial charge on any atom is -0.457 e. The quantitative estimate of drug-likeness (QED) is 0.813. The average molecular weight is 270 g/mol. The zero-order chi connectivity index (χ0) is 14.8. The van der Waals surface area contributed by atoms with Crippen molar-refractivity contribution in [2.24, 2.45) is 5.92 Å². The predicted octanol–water partition coefficient (Wildman–Crippen LogP) is 4.71. The van der Waals surface area contributed by atoms with Crippen molar-refractivity contribution in [1.29, 1.82) is 0 Å². The number of hydrogen-bond donors (Lipinski definition) is 1. The van der Waals surface area contributed by atoms with Gasteiger partial charge in [0.2, 0.25) is 0 Å². The van der Waals surface area contributed by atoms with Crippen LogP contribution in [-0.2, 0) is 5.60 Å². The van der Waals surface area contributed by atoms with Crippen molar-refractivity contribution in [3.63, 3.8) is 0 Å². The lowest BCUT2D eigenvalue weighted by atomic mass is 9.76. The standard InChI is InChI=1S/C16H16O2.C2H6/c1-11(2)16(17)12-7-3-5-9-14(12)18-15-10-6-4-8-13(15)16;1-2/h3-11,17H,1-2H3;1-2H3. The van der Waals surface area contributed by atoms with Crippen molar-refractivity contribution >= 4 is 0 Å². The molecule has 2 nitrogen and oxygen atoms in total. The molecule has 0 amide bonds. The summed E-state index contributed by atoms with van der Waals surface area (Å²) in [6.45, 7) is 8.05. The van der Waals surface area contributed by atoms with Crippen LogP contribution in [0.1, 0.15) is 38.8 Å². The maximum atomic E-state index is 11.2. The van der Waals surface area contributed by atoms with Gasteiger partial charge < -0.3 is 9.84 Å². The molecular formula is C18H22O2. The predicted molar refractivity (Wildman–Crippen MR) is 82.1 cm³/mol. The van der Waals surface area contributed by atoms with Gasteiger partial charge in [0.1, 0.15) is 17.1 Å². The highest BCUT2D eigenvalue weighted by Crippen LogP contribution is 2.49. The molecule has 3 rings (SSSR count). The summed E-state index contributed by atoms with van der Waals surface area (Å²) in [5.74, 6) is 1.56. The first kappa shape index (κ1) is 14.6. The number of para-hydroxylation sites is 2. The first-order chi connectivity index (χ1) is 9.64. The molecule has 0 radical (unpaired) electrons. The molecular weight excluding hydrogens is 248 g/mol. The number of aliphatic hydroxyl groups is 1. The Labute approximate surface area is 121 Å². The Balaban J connectivity index is 0.000000704. The second-order valence-corrected chi connectivity index (χ2v) is 5.02. The lowest BCUT2D eigenvalue weighted by Crippen LogP contribution is -2.36. The van der Waals surface area contributed by atoms with Crippen molar-refractivity contribution in [2.75, 3.05) is 0 Å². The van der Waals surface area contributed by atoms with Gasteiger partial charge in [-0.3, -0.25) is 0 Å². The molecule has 20 heavy (non-hydrogen) atoms. The first-order valence-corrected chi connectivity index (χ1v) is 7.23. The fourth-order valence-electron chi connectivity index (χ4n) is 2.63. The van der Waals surface area contributed by atoms with Crippen LogP contribution in [0.5, 0.6) is 11.5 Å². The van der Waals surface area contributed by atoms with Gasteiger partial charge in [-0.05, 0) is 18.1 Å². The zero-order valence-electron chi connectivity index (χ0n) is 12.6. The summed E-state index contributed by atoms with van der Waals surface area (Å²) in [5.41, 5.74) is 0.711. The van der Waals surface area contributed by atoms with Crippen LogP contribution in [0, 0.1) is 5.92 Å². The summed E-state index contributed by atoms with van der Waals surface area (Å²) in [6, 6.07) is 15.4. The van der Waals surface area contributed by atoms with E-state index in [1.807, 2.05) is 76.2 Å². The first-order valence-electron chi connectivity index (χ1n) is 7.23. The van der Waals surface area contributed by atoms with Gasteiger partial charge in [0, 0.05) is 11.1 Å². The minimum absolute atomic E-state index is 0.0729. The van der Waals surface area contributed by atoms with Crippen molar-refractivity contribution in [3.8, 4) is 11.5 Å². The average Bonchev–Trinajstić information content (AvgIpc) is 2.49. The number of fused-ring (bicyclic) bond motifs is 2. The van der Waals surface area contributed by atoms with Gasteiger partial charge in [-0.1, -0.05) is 64.1 Å². The Morgan fingerprint density at radius 2 is 1.25 bits per heavy atom. The summed E-state index contributed by atoms with van der Waals surface area (Å²) in [7, 11) is 0. The van der Waals surface area contributed by atoms with Gasteiger partial charge in [0.15, 0.2) is 0 Å². The highest BCUT2D eigenvalue weighted by Gasteiger charge is 2.42. The Hall–Kier alpha value is -1.80. The van der Waals surface area contributed by atoms with E-state index in [1.165, 1.54) is 0 Å². The third kappa shape index (κ3) is 2.10. The van der Waals surface area contributed by atoms with Crippen molar-refractivity contribution in [3.05, 3.63) is 59.7 Å². The van der Waals surface area contributed by atoms with Gasteiger partial charge >= 0.3 is 0 Å². The van der Waals surface area contributed by atoms with E-state index in [9.17, 15) is 5.11 Å². The molecule has 1 N–H and O–H groups in total. The third-order valence-electron chi connectivity index (χ3n) is 3.65. The van der Waals surface area contributed by atoms with E-state index in [4.69, 9.17) is 4.74 Å². The van der Waals surface area contributed by atoms with Crippen LogP contribution < -0.4 is 4.74 Å². The third-order valence-corrected chi connectivity index (χ3v) is 3.65. The van der Waals surface area contributed by atoms with Gasteiger partial charge in [0.05, 0.1) is 0 Å². The number of ether oxygens (including phenoxy) is 1. The molecule has 0 aliphatic carbocycles. The van der Waals surface area contributed by atoms with Crippen LogP contribution in [0.25, 0.3) is 0 Å². The van der Waals surface area contributed by atoms with Crippen LogP contribution in [-0.4, -0.2) is 5.11 Å². The highest BCUT2D eigenvalue weighted by atomic mass is 16.5. The second kappa shape index (κ2) is 5.68. The van der Waals surface area contributed by atoms with E-state index >= 15 is 0 Å². The lowest BCUT2D eigenvalue weighted by Gasteiger charge is -2.38. The van der Waals surface area contributed by atoms with Gasteiger partial charge in [0.25, 0.3) is 0 Å². The molecule has 0 fully saturated rings. The van der Waals surface area contributed by atoms with Crippen LogP contribution in [0.3, 0.4) is 0 Å². The maximum Gasteiger partial charge on any atom is 0.133 e. The SMILES string of the molecule is CC.CC(C)C1(O)c2ccccc2Oc2ccccc21. The molecule has 0 unspecified atom stereocenters. The van der Waals surface area contributed by atoms with E-state index in [-0.39, 0.29) is 5.92 Å². The highest BCUT2D eigenvalue weighted by molar-refractivity contribution is 5.55. The largest absolute Gasteiger partial charge is 0.457 e. The molecule has 1 aliphatic heterocycles. The number of rotatable bonds is 1. The summed E-state index contributed by atoms with van der Waals surface area (Å²) < 4.78 is 5.86. The number of benzene rings is 2. The van der Waals surface area contributed by atoms with Crippen LogP contribution in [0.4, 0.5) is 0 Å². The molecule has 0 spiro atoms. The van der Waals surface area contributed by atoms with Crippen molar-refractivity contribution in [2.45, 2.75) is 33.3 Å². The monoisotopic (exact) mass is 270 g/mol. The topological polar surface area (TPSA) is 29.5 Å². The Morgan fingerprint density at radius 1 is 0.850 bits per heavy atom. The van der Waals surface area contributed by atoms with E-state index < -0.39 is 5.60 Å². The molecule has 0 saturated carbocycles. The van der Waals surface area contributed by atoms with E-state index in [0.717, 1.165) is 22.6 Å². The fourth-order valence-corrected chi connectivity index (χ4v) is 2.63. The Bertz CT molecular complexity index is 542. The van der Waals surface area contributed by atoms with Crippen molar-refractivity contribution in [1.82, 2.24) is 0 Å². The van der Waals surface area contributed by atoms with E-state index in [0.29, 0.717) is 0 Å². The van der Waals surface area contributed by atoms with Crippen LogP contribution >= 0.6 is 0 Å². The summed E-state index contributed by atoms with van der Waals surface area (Å²) in [5, 5.41) is 11.2. The molecule has 0 bridgehead atoms. The summed E-state index contributed by atoms with van der Waals surface area (Å²) in [4.78, 5) is 0. The molecule has 1 aliphatic rings. The van der Waals surface area contributed by atoms with Gasteiger partial charge in [-0.15, -0.1) is 0 Å². The van der Waals surface area contributed by atoms with Crippen LogP contribution in [0.15, 0.2) is 48.5 Å². The van der Waals surface area contributed by atoms with E-state index in [1.54, 1.807) is 0 Å². The summed E-state index contributed by atoms with van der Waals surface area (Å²) >= 11 is 0. The minimum atomic E-state index is -0.981. The summed E-state index contributed by atoms with van der Waals surface area (Å²) in [6.07, 6.45) is 0. The molecule has 2 heteroatoms. The maximum absolute atomic E-state index is 11.2. The van der Waals surface area contributed by atoms with Crippen LogP contribution in [0.2, 0.25) is 0 Å². The fraction of sp³-hybridized carbons (Fsp3) is 0.333. The molecule has 2 aromatic rings. The molecule has 0 atom stereocenters. The van der Waals surface area contributed by atoms with Gasteiger partial charge in [-0.2, -0.15) is 0 Å². The number of hydrogen-bond acceptors (Lipinski definition) is 2. The molecule has 2 aromatic carbocycles. The molecule has 106 valence electrons. The van der Waals surface area contributed by atoms with E-state index in [2.05, 4.69) is 0 Å². The lowest BCUT2D eigenvalue weighted by molar-refractivity contribution is 0.0225. The molecule has 1 heterocycles. The zero-order valence-corrected chi connectivity index (χ0v) is 12.6.